The highest BCUT2D eigenvalue weighted by Crippen LogP contribution is 2.24. The highest BCUT2D eigenvalue weighted by atomic mass is 32.2. The van der Waals surface area contributed by atoms with Crippen molar-refractivity contribution in [2.75, 3.05) is 20.3 Å². The number of ether oxygens (including phenoxy) is 1. The van der Waals surface area contributed by atoms with E-state index in [2.05, 4.69) is 0 Å². The van der Waals surface area contributed by atoms with Crippen LogP contribution in [0.25, 0.3) is 0 Å². The van der Waals surface area contributed by atoms with Crippen LogP contribution in [0.4, 0.5) is 10.1 Å². The van der Waals surface area contributed by atoms with Crippen LogP contribution in [0.5, 0.6) is 0 Å². The third-order valence-corrected chi connectivity index (χ3v) is 5.02. The van der Waals surface area contributed by atoms with Gasteiger partial charge in [-0.25, -0.2) is 8.42 Å². The maximum absolute atomic E-state index is 13.6. The predicted octanol–water partition coefficient (Wildman–Crippen LogP) is 1.78. The summed E-state index contributed by atoms with van der Waals surface area (Å²) in [7, 11) is -2.50. The molecular formula is C12H17FN2O5S. The van der Waals surface area contributed by atoms with Crippen LogP contribution in [0, 0.1) is 15.9 Å². The van der Waals surface area contributed by atoms with Crippen LogP contribution in [0.2, 0.25) is 0 Å². The molecule has 0 aliphatic carbocycles. The molecule has 1 aromatic rings. The van der Waals surface area contributed by atoms with Crippen molar-refractivity contribution < 1.29 is 22.5 Å². The van der Waals surface area contributed by atoms with Crippen LogP contribution in [0.1, 0.15) is 13.8 Å². The van der Waals surface area contributed by atoms with E-state index >= 15 is 0 Å². The highest BCUT2D eigenvalue weighted by Gasteiger charge is 2.29. The lowest BCUT2D eigenvalue weighted by Crippen LogP contribution is -2.40. The van der Waals surface area contributed by atoms with Gasteiger partial charge in [0, 0.05) is 31.8 Å². The average Bonchev–Trinajstić information content (AvgIpc) is 2.38. The number of hydrogen-bond donors (Lipinski definition) is 0. The minimum Gasteiger partial charge on any atom is -0.383 e. The van der Waals surface area contributed by atoms with E-state index < -0.39 is 32.5 Å². The van der Waals surface area contributed by atoms with Crippen molar-refractivity contribution in [3.8, 4) is 0 Å². The number of sulfonamides is 1. The van der Waals surface area contributed by atoms with Crippen molar-refractivity contribution >= 4 is 15.7 Å². The molecule has 7 nitrogen and oxygen atoms in total. The number of halogens is 1. The third kappa shape index (κ3) is 3.74. The molecule has 0 aliphatic heterocycles. The van der Waals surface area contributed by atoms with Gasteiger partial charge >= 0.3 is 5.69 Å². The van der Waals surface area contributed by atoms with E-state index in [4.69, 9.17) is 4.74 Å². The van der Waals surface area contributed by atoms with Gasteiger partial charge in [0.25, 0.3) is 0 Å². The number of nitrogens with zero attached hydrogens (tertiary/aromatic N) is 2. The van der Waals surface area contributed by atoms with Crippen LogP contribution >= 0.6 is 0 Å². The Kier molecular flexibility index (Phi) is 5.76. The summed E-state index contributed by atoms with van der Waals surface area (Å²) in [5.74, 6) is -1.18. The van der Waals surface area contributed by atoms with Crippen LogP contribution in [-0.4, -0.2) is 43.9 Å². The zero-order valence-corrected chi connectivity index (χ0v) is 12.8. The predicted molar refractivity (Wildman–Crippen MR) is 74.0 cm³/mol. The van der Waals surface area contributed by atoms with Crippen molar-refractivity contribution in [3.05, 3.63) is 34.1 Å². The summed E-state index contributed by atoms with van der Waals surface area (Å²) in [5, 5.41) is 10.6. The van der Waals surface area contributed by atoms with Crippen LogP contribution in [0.3, 0.4) is 0 Å². The zero-order chi connectivity index (χ0) is 16.2. The Morgan fingerprint density at radius 3 is 2.52 bits per heavy atom. The number of likely N-dealkylation sites (N-methyl/N-ethyl adjacent to an activating group) is 1. The van der Waals surface area contributed by atoms with Crippen molar-refractivity contribution in [2.24, 2.45) is 0 Å². The molecule has 0 saturated carbocycles. The second-order valence-electron chi connectivity index (χ2n) is 4.38. The van der Waals surface area contributed by atoms with Crippen molar-refractivity contribution in [1.82, 2.24) is 4.31 Å². The lowest BCUT2D eigenvalue weighted by atomic mass is 10.3. The molecule has 0 spiro atoms. The summed E-state index contributed by atoms with van der Waals surface area (Å²) in [5.41, 5.74) is -0.762. The number of nitro benzene ring substituents is 1. The van der Waals surface area contributed by atoms with Crippen LogP contribution < -0.4 is 0 Å². The van der Waals surface area contributed by atoms with E-state index in [9.17, 15) is 22.9 Å². The molecular weight excluding hydrogens is 303 g/mol. The summed E-state index contributed by atoms with van der Waals surface area (Å²) >= 11 is 0. The Balaban J connectivity index is 3.23. The average molecular weight is 320 g/mol. The first-order chi connectivity index (χ1) is 9.75. The van der Waals surface area contributed by atoms with Gasteiger partial charge in [0.15, 0.2) is 0 Å². The Bertz CT molecular complexity index is 620. The van der Waals surface area contributed by atoms with Crippen LogP contribution in [-0.2, 0) is 14.8 Å². The minimum absolute atomic E-state index is 0.172. The molecule has 1 unspecified atom stereocenters. The SMILES string of the molecule is CCN(C(C)COC)S(=O)(=O)c1ccc([N+](=O)[O-])c(F)c1. The first-order valence-corrected chi connectivity index (χ1v) is 7.64. The molecule has 0 radical (unpaired) electrons. The summed E-state index contributed by atoms with van der Waals surface area (Å²) in [6, 6.07) is 2.09. The van der Waals surface area contributed by atoms with E-state index in [1.54, 1.807) is 13.8 Å². The maximum atomic E-state index is 13.6. The molecule has 0 bridgehead atoms. The second-order valence-corrected chi connectivity index (χ2v) is 6.27. The molecule has 0 aromatic heterocycles. The minimum atomic E-state index is -3.95. The summed E-state index contributed by atoms with van der Waals surface area (Å²) < 4.78 is 44.6. The molecule has 21 heavy (non-hydrogen) atoms. The Morgan fingerprint density at radius 2 is 2.10 bits per heavy atom. The summed E-state index contributed by atoms with van der Waals surface area (Å²) in [4.78, 5) is 9.33. The summed E-state index contributed by atoms with van der Waals surface area (Å²) in [6.45, 7) is 3.66. The molecule has 0 N–H and O–H groups in total. The van der Waals surface area contributed by atoms with Gasteiger partial charge in [-0.1, -0.05) is 6.92 Å². The molecule has 0 fully saturated rings. The van der Waals surface area contributed by atoms with E-state index in [0.29, 0.717) is 6.07 Å². The first-order valence-electron chi connectivity index (χ1n) is 6.20. The molecule has 0 amide bonds. The van der Waals surface area contributed by atoms with Gasteiger partial charge in [0.1, 0.15) is 0 Å². The van der Waals surface area contributed by atoms with Crippen LogP contribution in [0.15, 0.2) is 23.1 Å². The lowest BCUT2D eigenvalue weighted by molar-refractivity contribution is -0.387. The fourth-order valence-corrected chi connectivity index (χ4v) is 3.61. The number of nitro groups is 1. The van der Waals surface area contributed by atoms with E-state index in [-0.39, 0.29) is 18.0 Å². The van der Waals surface area contributed by atoms with Gasteiger partial charge in [-0.3, -0.25) is 10.1 Å². The largest absolute Gasteiger partial charge is 0.383 e. The molecule has 1 atom stereocenters. The van der Waals surface area contributed by atoms with Crippen molar-refractivity contribution in [3.63, 3.8) is 0 Å². The van der Waals surface area contributed by atoms with Gasteiger partial charge in [-0.05, 0) is 13.0 Å². The number of hydrogen-bond acceptors (Lipinski definition) is 5. The number of benzene rings is 1. The second kappa shape index (κ2) is 6.92. The molecule has 0 aliphatic rings. The molecule has 1 aromatic carbocycles. The topological polar surface area (TPSA) is 89.8 Å². The van der Waals surface area contributed by atoms with Crippen molar-refractivity contribution in [1.29, 1.82) is 0 Å². The smallest absolute Gasteiger partial charge is 0.304 e. The Labute approximate surface area is 122 Å². The normalized spacial score (nSPS) is 13.4. The maximum Gasteiger partial charge on any atom is 0.304 e. The van der Waals surface area contributed by atoms with Gasteiger partial charge in [0.05, 0.1) is 16.4 Å². The quantitative estimate of drug-likeness (QED) is 0.564. The van der Waals surface area contributed by atoms with E-state index in [1.807, 2.05) is 0 Å². The number of rotatable bonds is 7. The first kappa shape index (κ1) is 17.5. The molecule has 0 heterocycles. The fraction of sp³-hybridized carbons (Fsp3) is 0.500. The third-order valence-electron chi connectivity index (χ3n) is 2.93. The molecule has 1 rings (SSSR count). The number of methoxy groups -OCH3 is 1. The van der Waals surface area contributed by atoms with Gasteiger partial charge in [-0.15, -0.1) is 0 Å². The monoisotopic (exact) mass is 320 g/mol. The van der Waals surface area contributed by atoms with Crippen molar-refractivity contribution in [2.45, 2.75) is 24.8 Å². The Morgan fingerprint density at radius 1 is 1.48 bits per heavy atom. The fourth-order valence-electron chi connectivity index (χ4n) is 1.97. The Hall–Kier alpha value is -1.58. The zero-order valence-electron chi connectivity index (χ0n) is 11.9. The van der Waals surface area contributed by atoms with Gasteiger partial charge in [-0.2, -0.15) is 8.70 Å². The molecule has 118 valence electrons. The standard InChI is InChI=1S/C12H17FN2O5S/c1-4-14(9(2)8-20-3)21(18,19)10-5-6-12(15(16)17)11(13)7-10/h5-7,9H,4,8H2,1-3H3. The highest BCUT2D eigenvalue weighted by molar-refractivity contribution is 7.89. The molecule has 9 heteroatoms. The van der Waals surface area contributed by atoms with E-state index in [0.717, 1.165) is 16.4 Å². The summed E-state index contributed by atoms with van der Waals surface area (Å²) in [6.07, 6.45) is 0. The lowest BCUT2D eigenvalue weighted by Gasteiger charge is -2.26. The van der Waals surface area contributed by atoms with E-state index in [1.165, 1.54) is 7.11 Å². The van der Waals surface area contributed by atoms with Gasteiger partial charge < -0.3 is 4.74 Å². The van der Waals surface area contributed by atoms with Gasteiger partial charge in [0.2, 0.25) is 15.8 Å². The molecule has 0 saturated heterocycles.